The van der Waals surface area contributed by atoms with Gasteiger partial charge in [-0.05, 0) is 41.5 Å². The molecule has 1 aliphatic rings. The number of furan rings is 1. The van der Waals surface area contributed by atoms with Gasteiger partial charge in [0.2, 0.25) is 0 Å². The summed E-state index contributed by atoms with van der Waals surface area (Å²) in [4.78, 5) is 14.6. The minimum absolute atomic E-state index is 0.171. The number of amides is 1. The highest BCUT2D eigenvalue weighted by atomic mass is 16.3. The zero-order valence-electron chi connectivity index (χ0n) is 14.5. The Labute approximate surface area is 143 Å². The molecule has 0 bridgehead atoms. The number of carbonyl (C=O) groups is 1. The first-order valence-electron chi connectivity index (χ1n) is 8.72. The summed E-state index contributed by atoms with van der Waals surface area (Å²) in [5, 5.41) is 2.95. The monoisotopic (exact) mass is 326 g/mol. The number of benzene rings is 1. The van der Waals surface area contributed by atoms with Crippen LogP contribution in [0.15, 0.2) is 47.1 Å². The first-order chi connectivity index (χ1) is 11.6. The SMILES string of the molecule is C[C@@H]1C[C@H](C)CN(Cc2ccccc2CNC(=O)c2ccco2)C1. The van der Waals surface area contributed by atoms with Crippen molar-refractivity contribution in [2.24, 2.45) is 11.8 Å². The number of hydrogen-bond acceptors (Lipinski definition) is 3. The standard InChI is InChI=1S/C20H26N2O2/c1-15-10-16(2)13-22(12-15)14-18-7-4-3-6-17(18)11-21-20(23)19-8-5-9-24-19/h3-9,15-16H,10-14H2,1-2H3,(H,21,23)/t15-,16+. The second kappa shape index (κ2) is 7.67. The summed E-state index contributed by atoms with van der Waals surface area (Å²) < 4.78 is 5.14. The third-order valence-electron chi connectivity index (χ3n) is 4.64. The van der Waals surface area contributed by atoms with Gasteiger partial charge in [-0.3, -0.25) is 9.69 Å². The van der Waals surface area contributed by atoms with Crippen molar-refractivity contribution in [3.8, 4) is 0 Å². The van der Waals surface area contributed by atoms with Crippen LogP contribution in [0.25, 0.3) is 0 Å². The largest absolute Gasteiger partial charge is 0.459 e. The number of likely N-dealkylation sites (tertiary alicyclic amines) is 1. The molecule has 4 nitrogen and oxygen atoms in total. The van der Waals surface area contributed by atoms with Crippen LogP contribution in [0.1, 0.15) is 41.9 Å². The van der Waals surface area contributed by atoms with E-state index in [-0.39, 0.29) is 5.91 Å². The van der Waals surface area contributed by atoms with Gasteiger partial charge in [0.15, 0.2) is 5.76 Å². The molecule has 1 fully saturated rings. The van der Waals surface area contributed by atoms with E-state index in [4.69, 9.17) is 4.42 Å². The summed E-state index contributed by atoms with van der Waals surface area (Å²) in [6, 6.07) is 11.8. The summed E-state index contributed by atoms with van der Waals surface area (Å²) >= 11 is 0. The molecule has 1 aromatic heterocycles. The molecule has 0 aliphatic carbocycles. The molecule has 4 heteroatoms. The van der Waals surface area contributed by atoms with Crippen molar-refractivity contribution in [2.75, 3.05) is 13.1 Å². The average molecular weight is 326 g/mol. The highest BCUT2D eigenvalue weighted by Crippen LogP contribution is 2.23. The zero-order chi connectivity index (χ0) is 16.9. The van der Waals surface area contributed by atoms with E-state index in [1.165, 1.54) is 23.8 Å². The van der Waals surface area contributed by atoms with Crippen molar-refractivity contribution < 1.29 is 9.21 Å². The number of hydrogen-bond donors (Lipinski definition) is 1. The number of piperidine rings is 1. The average Bonchev–Trinajstić information content (AvgIpc) is 3.07. The molecule has 128 valence electrons. The van der Waals surface area contributed by atoms with Gasteiger partial charge in [-0.15, -0.1) is 0 Å². The first-order valence-corrected chi connectivity index (χ1v) is 8.72. The van der Waals surface area contributed by atoms with Gasteiger partial charge in [0.1, 0.15) is 0 Å². The molecule has 2 aromatic rings. The summed E-state index contributed by atoms with van der Waals surface area (Å²) in [7, 11) is 0. The van der Waals surface area contributed by atoms with Crippen LogP contribution < -0.4 is 5.32 Å². The van der Waals surface area contributed by atoms with E-state index >= 15 is 0 Å². The lowest BCUT2D eigenvalue weighted by Gasteiger charge is -2.35. The number of rotatable bonds is 5. The van der Waals surface area contributed by atoms with E-state index in [9.17, 15) is 4.79 Å². The van der Waals surface area contributed by atoms with Gasteiger partial charge in [0.05, 0.1) is 6.26 Å². The van der Waals surface area contributed by atoms with Gasteiger partial charge in [0, 0.05) is 26.2 Å². The topological polar surface area (TPSA) is 45.5 Å². The third-order valence-corrected chi connectivity index (χ3v) is 4.64. The molecule has 3 rings (SSSR count). The van der Waals surface area contributed by atoms with Crippen LogP contribution in [0.3, 0.4) is 0 Å². The van der Waals surface area contributed by atoms with E-state index in [2.05, 4.69) is 42.3 Å². The second-order valence-electron chi connectivity index (χ2n) is 7.07. The molecule has 1 amide bonds. The van der Waals surface area contributed by atoms with E-state index in [1.807, 2.05) is 6.07 Å². The highest BCUT2D eigenvalue weighted by Gasteiger charge is 2.22. The Kier molecular flexibility index (Phi) is 5.36. The van der Waals surface area contributed by atoms with E-state index < -0.39 is 0 Å². The van der Waals surface area contributed by atoms with E-state index in [1.54, 1.807) is 12.1 Å². The molecule has 2 heterocycles. The molecule has 0 unspecified atom stereocenters. The van der Waals surface area contributed by atoms with Crippen molar-refractivity contribution in [3.63, 3.8) is 0 Å². The molecule has 0 radical (unpaired) electrons. The van der Waals surface area contributed by atoms with Gasteiger partial charge >= 0.3 is 0 Å². The van der Waals surface area contributed by atoms with Crippen molar-refractivity contribution in [3.05, 3.63) is 59.5 Å². The van der Waals surface area contributed by atoms with Crippen molar-refractivity contribution in [1.29, 1.82) is 0 Å². The Hall–Kier alpha value is -2.07. The summed E-state index contributed by atoms with van der Waals surface area (Å²) in [6.07, 6.45) is 2.83. The quantitative estimate of drug-likeness (QED) is 0.911. The van der Waals surface area contributed by atoms with Crippen LogP contribution in [0.2, 0.25) is 0 Å². The van der Waals surface area contributed by atoms with Crippen LogP contribution in [0.5, 0.6) is 0 Å². The molecule has 2 atom stereocenters. The molecular weight excluding hydrogens is 300 g/mol. The molecule has 1 saturated heterocycles. The predicted molar refractivity (Wildman–Crippen MR) is 94.5 cm³/mol. The van der Waals surface area contributed by atoms with Crippen molar-refractivity contribution in [1.82, 2.24) is 10.2 Å². The fraction of sp³-hybridized carbons (Fsp3) is 0.450. The van der Waals surface area contributed by atoms with Crippen LogP contribution in [0.4, 0.5) is 0 Å². The molecule has 0 saturated carbocycles. The molecule has 1 aliphatic heterocycles. The Morgan fingerprint density at radius 2 is 1.83 bits per heavy atom. The molecule has 1 N–H and O–H groups in total. The van der Waals surface area contributed by atoms with Crippen LogP contribution in [-0.4, -0.2) is 23.9 Å². The normalized spacial score (nSPS) is 21.6. The molecule has 24 heavy (non-hydrogen) atoms. The maximum absolute atomic E-state index is 12.1. The lowest BCUT2D eigenvalue weighted by atomic mass is 9.91. The Bertz CT molecular complexity index is 656. The Morgan fingerprint density at radius 3 is 2.50 bits per heavy atom. The molecule has 1 aromatic carbocycles. The minimum atomic E-state index is -0.171. The van der Waals surface area contributed by atoms with Gasteiger partial charge in [0.25, 0.3) is 5.91 Å². The lowest BCUT2D eigenvalue weighted by molar-refractivity contribution is 0.0923. The second-order valence-corrected chi connectivity index (χ2v) is 7.07. The zero-order valence-corrected chi connectivity index (χ0v) is 14.5. The minimum Gasteiger partial charge on any atom is -0.459 e. The van der Waals surface area contributed by atoms with E-state index in [0.29, 0.717) is 12.3 Å². The number of nitrogens with one attached hydrogen (secondary N) is 1. The maximum atomic E-state index is 12.1. The fourth-order valence-electron chi connectivity index (χ4n) is 3.72. The fourth-order valence-corrected chi connectivity index (χ4v) is 3.72. The van der Waals surface area contributed by atoms with Crippen LogP contribution in [0, 0.1) is 11.8 Å². The van der Waals surface area contributed by atoms with E-state index in [0.717, 1.165) is 31.5 Å². The summed E-state index contributed by atoms with van der Waals surface area (Å²) in [5.74, 6) is 1.68. The van der Waals surface area contributed by atoms with Gasteiger partial charge < -0.3 is 9.73 Å². The van der Waals surface area contributed by atoms with Crippen LogP contribution >= 0.6 is 0 Å². The number of nitrogens with zero attached hydrogens (tertiary/aromatic N) is 1. The lowest BCUT2D eigenvalue weighted by Crippen LogP contribution is -2.38. The number of carbonyl (C=O) groups excluding carboxylic acids is 1. The summed E-state index contributed by atoms with van der Waals surface area (Å²) in [5.41, 5.74) is 2.46. The van der Waals surface area contributed by atoms with Gasteiger partial charge in [-0.1, -0.05) is 38.1 Å². The first kappa shape index (κ1) is 16.8. The third kappa shape index (κ3) is 4.26. The summed E-state index contributed by atoms with van der Waals surface area (Å²) in [6.45, 7) is 8.43. The van der Waals surface area contributed by atoms with Crippen LogP contribution in [-0.2, 0) is 13.1 Å². The molecular formula is C20H26N2O2. The smallest absolute Gasteiger partial charge is 0.287 e. The van der Waals surface area contributed by atoms with Crippen molar-refractivity contribution >= 4 is 5.91 Å². The Balaban J connectivity index is 1.63. The van der Waals surface area contributed by atoms with Gasteiger partial charge in [-0.25, -0.2) is 0 Å². The molecule has 0 spiro atoms. The Morgan fingerprint density at radius 1 is 1.12 bits per heavy atom. The highest BCUT2D eigenvalue weighted by molar-refractivity contribution is 5.91. The predicted octanol–water partition coefficient (Wildman–Crippen LogP) is 3.69. The van der Waals surface area contributed by atoms with Crippen molar-refractivity contribution in [2.45, 2.75) is 33.4 Å². The maximum Gasteiger partial charge on any atom is 0.287 e. The van der Waals surface area contributed by atoms with Gasteiger partial charge in [-0.2, -0.15) is 0 Å².